The number of pyridine rings is 1. The molecule has 3 rings (SSSR count). The molecule has 0 spiro atoms. The van der Waals surface area contributed by atoms with Gasteiger partial charge in [0.2, 0.25) is 0 Å². The summed E-state index contributed by atoms with van der Waals surface area (Å²) in [5.74, 6) is 0.878. The number of benzene rings is 1. The quantitative estimate of drug-likeness (QED) is 0.744. The van der Waals surface area contributed by atoms with Gasteiger partial charge < -0.3 is 10.3 Å². The van der Waals surface area contributed by atoms with Gasteiger partial charge in [-0.2, -0.15) is 0 Å². The van der Waals surface area contributed by atoms with Crippen LogP contribution in [0.4, 0.5) is 5.82 Å². The highest BCUT2D eigenvalue weighted by Crippen LogP contribution is 2.37. The molecule has 4 nitrogen and oxygen atoms in total. The van der Waals surface area contributed by atoms with Crippen LogP contribution in [-0.2, 0) is 0 Å². The first kappa shape index (κ1) is 13.1. The molecule has 0 aliphatic carbocycles. The van der Waals surface area contributed by atoms with Crippen molar-refractivity contribution in [1.29, 1.82) is 0 Å². The highest BCUT2D eigenvalue weighted by molar-refractivity contribution is 9.10. The molecule has 3 aromatic rings. The zero-order valence-electron chi connectivity index (χ0n) is 10.2. The fourth-order valence-electron chi connectivity index (χ4n) is 1.90. The first-order valence-electron chi connectivity index (χ1n) is 5.79. The average Bonchev–Trinajstić information content (AvgIpc) is 2.85. The van der Waals surface area contributed by atoms with Gasteiger partial charge in [-0.3, -0.25) is 4.98 Å². The first-order valence-corrected chi connectivity index (χ1v) is 6.96. The lowest BCUT2D eigenvalue weighted by atomic mass is 10.1. The van der Waals surface area contributed by atoms with Crippen molar-refractivity contribution in [3.63, 3.8) is 0 Å². The van der Waals surface area contributed by atoms with Crippen molar-refractivity contribution < 1.29 is 4.52 Å². The van der Waals surface area contributed by atoms with Crippen molar-refractivity contribution in [2.75, 3.05) is 5.73 Å². The Balaban J connectivity index is 2.18. The van der Waals surface area contributed by atoms with E-state index in [9.17, 15) is 0 Å². The number of nitrogens with zero attached hydrogens (tertiary/aromatic N) is 2. The number of rotatable bonds is 2. The van der Waals surface area contributed by atoms with Crippen molar-refractivity contribution >= 4 is 33.3 Å². The lowest BCUT2D eigenvalue weighted by molar-refractivity contribution is 0.436. The van der Waals surface area contributed by atoms with Crippen molar-refractivity contribution in [2.45, 2.75) is 0 Å². The Bertz CT molecular complexity index is 758. The molecule has 0 aliphatic rings. The van der Waals surface area contributed by atoms with Crippen LogP contribution in [0.2, 0.25) is 5.02 Å². The van der Waals surface area contributed by atoms with Gasteiger partial charge in [-0.05, 0) is 46.3 Å². The van der Waals surface area contributed by atoms with Gasteiger partial charge in [-0.1, -0.05) is 22.8 Å². The topological polar surface area (TPSA) is 64.9 Å². The lowest BCUT2D eigenvalue weighted by Crippen LogP contribution is -1.90. The van der Waals surface area contributed by atoms with Crippen LogP contribution in [-0.4, -0.2) is 10.1 Å². The van der Waals surface area contributed by atoms with Gasteiger partial charge in [0.05, 0.1) is 16.3 Å². The first-order chi connectivity index (χ1) is 9.66. The van der Waals surface area contributed by atoms with E-state index in [0.717, 1.165) is 10.0 Å². The largest absolute Gasteiger partial charge is 0.380 e. The molecular formula is C14H9BrClN3O. The van der Waals surface area contributed by atoms with Crippen molar-refractivity contribution in [3.8, 4) is 22.6 Å². The van der Waals surface area contributed by atoms with Gasteiger partial charge in [-0.25, -0.2) is 0 Å². The van der Waals surface area contributed by atoms with Crippen LogP contribution in [0, 0.1) is 0 Å². The SMILES string of the molecule is Nc1noc(-c2ccc(Cl)c(Br)c2)c1-c1ccccn1. The summed E-state index contributed by atoms with van der Waals surface area (Å²) in [6.07, 6.45) is 1.70. The molecule has 0 bridgehead atoms. The van der Waals surface area contributed by atoms with Crippen LogP contribution in [0.3, 0.4) is 0 Å². The van der Waals surface area contributed by atoms with Crippen molar-refractivity contribution in [3.05, 3.63) is 52.1 Å². The molecule has 2 N–H and O–H groups in total. The summed E-state index contributed by atoms with van der Waals surface area (Å²) < 4.78 is 6.13. The Morgan fingerprint density at radius 1 is 1.20 bits per heavy atom. The summed E-state index contributed by atoms with van der Waals surface area (Å²) >= 11 is 9.39. The highest BCUT2D eigenvalue weighted by atomic mass is 79.9. The minimum absolute atomic E-state index is 0.310. The van der Waals surface area contributed by atoms with Crippen molar-refractivity contribution in [2.24, 2.45) is 0 Å². The van der Waals surface area contributed by atoms with Gasteiger partial charge in [0.25, 0.3) is 0 Å². The number of hydrogen-bond acceptors (Lipinski definition) is 4. The number of hydrogen-bond donors (Lipinski definition) is 1. The second-order valence-electron chi connectivity index (χ2n) is 4.12. The van der Waals surface area contributed by atoms with Crippen LogP contribution in [0.5, 0.6) is 0 Å². The smallest absolute Gasteiger partial charge is 0.178 e. The number of nitrogen functional groups attached to an aromatic ring is 1. The summed E-state index contributed by atoms with van der Waals surface area (Å²) in [6, 6.07) is 11.1. The Labute approximate surface area is 128 Å². The van der Waals surface area contributed by atoms with Gasteiger partial charge in [0.1, 0.15) is 0 Å². The van der Waals surface area contributed by atoms with E-state index in [0.29, 0.717) is 27.9 Å². The molecule has 0 saturated carbocycles. The fourth-order valence-corrected chi connectivity index (χ4v) is 2.39. The Morgan fingerprint density at radius 3 is 2.75 bits per heavy atom. The molecule has 0 atom stereocenters. The predicted molar refractivity (Wildman–Crippen MR) is 82.3 cm³/mol. The standard InChI is InChI=1S/C14H9BrClN3O/c15-9-7-8(4-5-10(9)16)13-12(14(17)19-20-13)11-3-1-2-6-18-11/h1-7H,(H2,17,19). The molecule has 0 amide bonds. The maximum absolute atomic E-state index is 6.00. The van der Waals surface area contributed by atoms with E-state index in [1.54, 1.807) is 12.3 Å². The maximum atomic E-state index is 6.00. The molecule has 0 fully saturated rings. The van der Waals surface area contributed by atoms with Crippen LogP contribution >= 0.6 is 27.5 Å². The molecular weight excluding hydrogens is 342 g/mol. The Morgan fingerprint density at radius 2 is 2.05 bits per heavy atom. The summed E-state index contributed by atoms with van der Waals surface area (Å²) in [5, 5.41) is 4.46. The minimum Gasteiger partial charge on any atom is -0.380 e. The number of halogens is 2. The van der Waals surface area contributed by atoms with E-state index in [-0.39, 0.29) is 0 Å². The maximum Gasteiger partial charge on any atom is 0.178 e. The molecule has 1 aromatic carbocycles. The lowest BCUT2D eigenvalue weighted by Gasteiger charge is -2.03. The Hall–Kier alpha value is -1.85. The molecule has 6 heteroatoms. The van der Waals surface area contributed by atoms with Crippen LogP contribution in [0.25, 0.3) is 22.6 Å². The van der Waals surface area contributed by atoms with Crippen LogP contribution < -0.4 is 5.73 Å². The van der Waals surface area contributed by atoms with Gasteiger partial charge in [0, 0.05) is 16.2 Å². The second kappa shape index (κ2) is 5.26. The summed E-state index contributed by atoms with van der Waals surface area (Å²) in [6.45, 7) is 0. The monoisotopic (exact) mass is 349 g/mol. The molecule has 0 aliphatic heterocycles. The normalized spacial score (nSPS) is 10.7. The third-order valence-electron chi connectivity index (χ3n) is 2.82. The van der Waals surface area contributed by atoms with E-state index in [1.165, 1.54) is 0 Å². The van der Waals surface area contributed by atoms with E-state index >= 15 is 0 Å². The van der Waals surface area contributed by atoms with Gasteiger partial charge >= 0.3 is 0 Å². The number of anilines is 1. The van der Waals surface area contributed by atoms with E-state index < -0.39 is 0 Å². The van der Waals surface area contributed by atoms with Crippen LogP contribution in [0.15, 0.2) is 51.6 Å². The van der Waals surface area contributed by atoms with Gasteiger partial charge in [-0.15, -0.1) is 0 Å². The minimum atomic E-state index is 0.310. The van der Waals surface area contributed by atoms with E-state index in [1.807, 2.05) is 30.3 Å². The van der Waals surface area contributed by atoms with Gasteiger partial charge in [0.15, 0.2) is 11.6 Å². The van der Waals surface area contributed by atoms with Crippen molar-refractivity contribution in [1.82, 2.24) is 10.1 Å². The summed E-state index contributed by atoms with van der Waals surface area (Å²) in [4.78, 5) is 4.29. The third-order valence-corrected chi connectivity index (χ3v) is 4.04. The zero-order valence-corrected chi connectivity index (χ0v) is 12.5. The molecule has 20 heavy (non-hydrogen) atoms. The average molecular weight is 351 g/mol. The molecule has 2 heterocycles. The Kier molecular flexibility index (Phi) is 3.46. The number of aromatic nitrogens is 2. The molecule has 0 unspecified atom stereocenters. The third kappa shape index (κ3) is 2.30. The molecule has 0 radical (unpaired) electrons. The second-order valence-corrected chi connectivity index (χ2v) is 5.38. The zero-order chi connectivity index (χ0) is 14.1. The van der Waals surface area contributed by atoms with Crippen LogP contribution in [0.1, 0.15) is 0 Å². The number of nitrogens with two attached hydrogens (primary N) is 1. The molecule has 100 valence electrons. The predicted octanol–water partition coefficient (Wildman–Crippen LogP) is 4.40. The fraction of sp³-hybridized carbons (Fsp3) is 0. The highest BCUT2D eigenvalue weighted by Gasteiger charge is 2.19. The summed E-state index contributed by atoms with van der Waals surface area (Å²) in [5.41, 5.74) is 8.12. The van der Waals surface area contributed by atoms with E-state index in [2.05, 4.69) is 26.1 Å². The van der Waals surface area contributed by atoms with E-state index in [4.69, 9.17) is 21.9 Å². The summed E-state index contributed by atoms with van der Waals surface area (Å²) in [7, 11) is 0. The molecule has 2 aromatic heterocycles. The molecule has 0 saturated heterocycles.